The van der Waals surface area contributed by atoms with Gasteiger partial charge in [0.1, 0.15) is 28.6 Å². The van der Waals surface area contributed by atoms with Gasteiger partial charge >= 0.3 is 0 Å². The molecule has 0 fully saturated rings. The fourth-order valence-corrected chi connectivity index (χ4v) is 3.58. The molecule has 8 nitrogen and oxygen atoms in total. The van der Waals surface area contributed by atoms with Crippen molar-refractivity contribution in [3.05, 3.63) is 47.1 Å². The van der Waals surface area contributed by atoms with Gasteiger partial charge in [0.05, 0.1) is 12.1 Å². The van der Waals surface area contributed by atoms with Crippen molar-refractivity contribution >= 4 is 23.3 Å². The molecular formula is C24H26ClN3O5. The molecule has 3 aromatic rings. The van der Waals surface area contributed by atoms with Crippen molar-refractivity contribution in [1.29, 1.82) is 0 Å². The van der Waals surface area contributed by atoms with E-state index in [9.17, 15) is 19.8 Å². The van der Waals surface area contributed by atoms with Gasteiger partial charge in [0.2, 0.25) is 5.91 Å². The van der Waals surface area contributed by atoms with Gasteiger partial charge < -0.3 is 20.3 Å². The zero-order valence-corrected chi connectivity index (χ0v) is 19.5. The molecule has 0 unspecified atom stereocenters. The first-order valence-electron chi connectivity index (χ1n) is 10.4. The predicted molar refractivity (Wildman–Crippen MR) is 126 cm³/mol. The minimum Gasteiger partial charge on any atom is -0.507 e. The maximum absolute atomic E-state index is 13.2. The van der Waals surface area contributed by atoms with E-state index in [1.54, 1.807) is 38.3 Å². The van der Waals surface area contributed by atoms with Crippen LogP contribution >= 0.6 is 11.6 Å². The average molecular weight is 472 g/mol. The zero-order chi connectivity index (χ0) is 24.3. The molecule has 33 heavy (non-hydrogen) atoms. The summed E-state index contributed by atoms with van der Waals surface area (Å²) in [5.74, 6) is -0.969. The summed E-state index contributed by atoms with van der Waals surface area (Å²) >= 11 is 6.06. The molecule has 2 aromatic carbocycles. The number of nitrogens with zero attached hydrogens (tertiary/aromatic N) is 1. The van der Waals surface area contributed by atoms with Crippen LogP contribution in [0.5, 0.6) is 17.2 Å². The lowest BCUT2D eigenvalue weighted by molar-refractivity contribution is -0.124. The van der Waals surface area contributed by atoms with Crippen LogP contribution in [0.3, 0.4) is 0 Å². The van der Waals surface area contributed by atoms with Crippen molar-refractivity contribution in [3.63, 3.8) is 0 Å². The van der Waals surface area contributed by atoms with Gasteiger partial charge in [-0.3, -0.25) is 14.7 Å². The molecule has 0 saturated carbocycles. The van der Waals surface area contributed by atoms with E-state index in [1.165, 1.54) is 6.07 Å². The van der Waals surface area contributed by atoms with E-state index >= 15 is 0 Å². The lowest BCUT2D eigenvalue weighted by Gasteiger charge is -2.14. The second-order valence-corrected chi connectivity index (χ2v) is 8.47. The number of aromatic amines is 1. The minimum atomic E-state index is -0.549. The number of methoxy groups -OCH3 is 1. The van der Waals surface area contributed by atoms with Crippen molar-refractivity contribution < 1.29 is 24.5 Å². The second kappa shape index (κ2) is 9.95. The number of ether oxygens (including phenoxy) is 1. The molecule has 0 aliphatic rings. The highest BCUT2D eigenvalue weighted by Crippen LogP contribution is 2.42. The van der Waals surface area contributed by atoms with E-state index in [0.29, 0.717) is 16.9 Å². The van der Waals surface area contributed by atoms with Gasteiger partial charge in [0, 0.05) is 35.6 Å². The standard InChI is InChI=1S/C24H26ClN3O5/c1-12(2)26-24(32)13(3)9-20(31)23-21(14-5-7-15(33-4)8-6-14)22(27-28-23)16-10-17(25)19(30)11-18(16)29/h5-8,10-13,29-30H,9H2,1-4H3,(H,26,32)(H,27,28)/t13-/m0/s1. The Morgan fingerprint density at radius 3 is 2.39 bits per heavy atom. The van der Waals surface area contributed by atoms with Crippen LogP contribution in [0, 0.1) is 5.92 Å². The van der Waals surface area contributed by atoms with Crippen molar-refractivity contribution in [2.75, 3.05) is 7.11 Å². The number of amides is 1. The first-order chi connectivity index (χ1) is 15.6. The van der Waals surface area contributed by atoms with Gasteiger partial charge in [-0.05, 0) is 37.6 Å². The maximum Gasteiger partial charge on any atom is 0.223 e. The Bertz CT molecular complexity index is 1170. The lowest BCUT2D eigenvalue weighted by Crippen LogP contribution is -2.35. The minimum absolute atomic E-state index is 0.0262. The Morgan fingerprint density at radius 2 is 1.79 bits per heavy atom. The number of nitrogens with one attached hydrogen (secondary N) is 2. The predicted octanol–water partition coefficient (Wildman–Crippen LogP) is 4.55. The molecular weight excluding hydrogens is 446 g/mol. The average Bonchev–Trinajstić information content (AvgIpc) is 3.20. The van der Waals surface area contributed by atoms with E-state index in [-0.39, 0.29) is 57.6 Å². The summed E-state index contributed by atoms with van der Waals surface area (Å²) in [4.78, 5) is 25.5. The smallest absolute Gasteiger partial charge is 0.223 e. The van der Waals surface area contributed by atoms with Crippen LogP contribution in [0.4, 0.5) is 0 Å². The Balaban J connectivity index is 2.08. The topological polar surface area (TPSA) is 125 Å². The van der Waals surface area contributed by atoms with Crippen molar-refractivity contribution in [2.24, 2.45) is 5.92 Å². The molecule has 1 amide bonds. The lowest BCUT2D eigenvalue weighted by atomic mass is 9.94. The summed E-state index contributed by atoms with van der Waals surface area (Å²) in [7, 11) is 1.55. The van der Waals surface area contributed by atoms with Crippen molar-refractivity contribution in [3.8, 4) is 39.6 Å². The second-order valence-electron chi connectivity index (χ2n) is 8.06. The third-order valence-electron chi connectivity index (χ3n) is 5.11. The van der Waals surface area contributed by atoms with Gasteiger partial charge in [-0.1, -0.05) is 30.7 Å². The number of Topliss-reactive ketones (excluding diaryl/α,β-unsaturated/α-hetero) is 1. The van der Waals surface area contributed by atoms with E-state index in [0.717, 1.165) is 6.07 Å². The molecule has 0 bridgehead atoms. The number of hydrogen-bond acceptors (Lipinski definition) is 6. The Morgan fingerprint density at radius 1 is 1.12 bits per heavy atom. The van der Waals surface area contributed by atoms with Crippen LogP contribution in [-0.4, -0.2) is 45.3 Å². The van der Waals surface area contributed by atoms with Crippen LogP contribution in [0.1, 0.15) is 37.7 Å². The summed E-state index contributed by atoms with van der Waals surface area (Å²) in [5, 5.41) is 30.1. The summed E-state index contributed by atoms with van der Waals surface area (Å²) in [5.41, 5.74) is 1.80. The molecule has 4 N–H and O–H groups in total. The molecule has 1 heterocycles. The molecule has 0 spiro atoms. The monoisotopic (exact) mass is 471 g/mol. The first-order valence-corrected chi connectivity index (χ1v) is 10.8. The van der Waals surface area contributed by atoms with Gasteiger partial charge in [-0.25, -0.2) is 0 Å². The Hall–Kier alpha value is -3.52. The van der Waals surface area contributed by atoms with Crippen molar-refractivity contribution in [2.45, 2.75) is 33.2 Å². The molecule has 174 valence electrons. The largest absolute Gasteiger partial charge is 0.507 e. The number of aromatic nitrogens is 2. The number of halogens is 1. The molecule has 3 rings (SSSR count). The number of phenolic OH excluding ortho intramolecular Hbond substituents is 2. The fraction of sp³-hybridized carbons (Fsp3) is 0.292. The molecule has 9 heteroatoms. The summed E-state index contributed by atoms with van der Waals surface area (Å²) in [6.07, 6.45) is -0.0361. The molecule has 0 aliphatic heterocycles. The van der Waals surface area contributed by atoms with E-state index in [4.69, 9.17) is 16.3 Å². The third kappa shape index (κ3) is 5.28. The number of aromatic hydroxyl groups is 2. The highest BCUT2D eigenvalue weighted by Gasteiger charge is 2.26. The van der Waals surface area contributed by atoms with Crippen LogP contribution in [0.25, 0.3) is 22.4 Å². The molecule has 0 saturated heterocycles. The van der Waals surface area contributed by atoms with Gasteiger partial charge in [-0.15, -0.1) is 0 Å². The molecule has 0 aliphatic carbocycles. The summed E-state index contributed by atoms with van der Waals surface area (Å²) in [6.45, 7) is 5.39. The van der Waals surface area contributed by atoms with Crippen LogP contribution in [0.15, 0.2) is 36.4 Å². The van der Waals surface area contributed by atoms with E-state index < -0.39 is 5.92 Å². The number of hydrogen-bond donors (Lipinski definition) is 4. The number of benzene rings is 2. The molecule has 0 radical (unpaired) electrons. The zero-order valence-electron chi connectivity index (χ0n) is 18.8. The molecule has 1 atom stereocenters. The van der Waals surface area contributed by atoms with Crippen LogP contribution in [0.2, 0.25) is 5.02 Å². The normalized spacial score (nSPS) is 11.9. The number of H-pyrrole nitrogens is 1. The third-order valence-corrected chi connectivity index (χ3v) is 5.42. The number of carbonyl (C=O) groups is 2. The molecule has 1 aromatic heterocycles. The quantitative estimate of drug-likeness (QED) is 0.357. The fourth-order valence-electron chi connectivity index (χ4n) is 3.42. The highest BCUT2D eigenvalue weighted by molar-refractivity contribution is 6.32. The number of rotatable bonds is 8. The van der Waals surface area contributed by atoms with Crippen LogP contribution in [-0.2, 0) is 4.79 Å². The highest BCUT2D eigenvalue weighted by atomic mass is 35.5. The maximum atomic E-state index is 13.2. The summed E-state index contributed by atoms with van der Waals surface area (Å²) in [6, 6.07) is 9.46. The van der Waals surface area contributed by atoms with Gasteiger partial charge in [0.25, 0.3) is 0 Å². The summed E-state index contributed by atoms with van der Waals surface area (Å²) < 4.78 is 5.22. The van der Waals surface area contributed by atoms with Crippen molar-refractivity contribution in [1.82, 2.24) is 15.5 Å². The van der Waals surface area contributed by atoms with E-state index in [2.05, 4.69) is 15.5 Å². The Kier molecular flexibility index (Phi) is 7.28. The SMILES string of the molecule is COc1ccc(-c2c(-c3cc(Cl)c(O)cc3O)n[nH]c2C(=O)C[C@H](C)C(=O)NC(C)C)cc1. The number of ketones is 1. The van der Waals surface area contributed by atoms with Gasteiger partial charge in [-0.2, -0.15) is 5.10 Å². The number of phenols is 2. The van der Waals surface area contributed by atoms with Crippen LogP contribution < -0.4 is 10.1 Å². The first kappa shape index (κ1) is 24.1. The van der Waals surface area contributed by atoms with Gasteiger partial charge in [0.15, 0.2) is 5.78 Å². The Labute approximate surface area is 196 Å². The number of carbonyl (C=O) groups excluding carboxylic acids is 2. The van der Waals surface area contributed by atoms with E-state index in [1.807, 2.05) is 13.8 Å².